The van der Waals surface area contributed by atoms with Crippen LogP contribution < -0.4 is 0 Å². The molecule has 0 saturated heterocycles. The fourth-order valence-corrected chi connectivity index (χ4v) is 2.92. The van der Waals surface area contributed by atoms with Crippen molar-refractivity contribution < 1.29 is 0 Å². The highest BCUT2D eigenvalue weighted by atomic mass is 32.1. The van der Waals surface area contributed by atoms with Crippen molar-refractivity contribution in [2.75, 3.05) is 0 Å². The first-order valence-corrected chi connectivity index (χ1v) is 5.96. The van der Waals surface area contributed by atoms with E-state index in [9.17, 15) is 0 Å². The molecule has 0 nitrogen and oxygen atoms in total. The minimum Gasteiger partial charge on any atom is -0.139 e. The number of thiophene rings is 2. The molecule has 67 valence electrons. The van der Waals surface area contributed by atoms with E-state index in [0.717, 1.165) is 0 Å². The van der Waals surface area contributed by atoms with Crippen LogP contribution in [-0.2, 0) is 0 Å². The van der Waals surface area contributed by atoms with Crippen LogP contribution in [0.1, 0.15) is 24.6 Å². The molecule has 0 amide bonds. The fourth-order valence-electron chi connectivity index (χ4n) is 1.17. The molecule has 0 bridgehead atoms. The van der Waals surface area contributed by atoms with Crippen LogP contribution in [0, 0.1) is 5.38 Å². The highest BCUT2D eigenvalue weighted by molar-refractivity contribution is 7.21. The molecular weight excluding hydrogens is 196 g/mol. The molecule has 0 aliphatic rings. The molecule has 2 aromatic rings. The molecule has 0 aromatic carbocycles. The van der Waals surface area contributed by atoms with Crippen LogP contribution in [0.5, 0.6) is 0 Å². The van der Waals surface area contributed by atoms with E-state index < -0.39 is 0 Å². The van der Waals surface area contributed by atoms with Gasteiger partial charge in [0, 0.05) is 20.0 Å². The van der Waals surface area contributed by atoms with Gasteiger partial charge in [0.25, 0.3) is 0 Å². The second-order valence-electron chi connectivity index (χ2n) is 3.27. The van der Waals surface area contributed by atoms with Gasteiger partial charge in [-0.15, -0.1) is 22.7 Å². The first kappa shape index (κ1) is 8.97. The van der Waals surface area contributed by atoms with Crippen LogP contribution in [0.2, 0.25) is 0 Å². The molecule has 0 aliphatic heterocycles. The Balaban J connectivity index is 2.33. The summed E-state index contributed by atoms with van der Waals surface area (Å²) in [5.74, 6) is 0.641. The van der Waals surface area contributed by atoms with E-state index in [-0.39, 0.29) is 0 Å². The minimum atomic E-state index is 0.641. The lowest BCUT2D eigenvalue weighted by atomic mass is 10.2. The Bertz CT molecular complexity index is 368. The normalized spacial score (nSPS) is 11.0. The summed E-state index contributed by atoms with van der Waals surface area (Å²) in [7, 11) is 0. The summed E-state index contributed by atoms with van der Waals surface area (Å²) in [4.78, 5) is 4.16. The van der Waals surface area contributed by atoms with E-state index in [1.165, 1.54) is 14.6 Å². The van der Waals surface area contributed by atoms with Crippen molar-refractivity contribution in [3.05, 3.63) is 34.5 Å². The molecule has 1 radical (unpaired) electrons. The van der Waals surface area contributed by atoms with E-state index in [2.05, 4.69) is 37.4 Å². The minimum absolute atomic E-state index is 0.641. The third-order valence-corrected chi connectivity index (χ3v) is 4.29. The number of hydrogen-bond donors (Lipinski definition) is 0. The van der Waals surface area contributed by atoms with Crippen molar-refractivity contribution in [1.29, 1.82) is 0 Å². The van der Waals surface area contributed by atoms with Crippen molar-refractivity contribution >= 4 is 22.7 Å². The fraction of sp³-hybridized carbons (Fsp3) is 0.273. The molecule has 2 rings (SSSR count). The topological polar surface area (TPSA) is 0 Å². The van der Waals surface area contributed by atoms with Crippen molar-refractivity contribution in [2.24, 2.45) is 0 Å². The van der Waals surface area contributed by atoms with E-state index in [1.807, 2.05) is 17.4 Å². The lowest BCUT2D eigenvalue weighted by Gasteiger charge is -1.97. The van der Waals surface area contributed by atoms with Gasteiger partial charge in [-0.3, -0.25) is 0 Å². The Morgan fingerprint density at radius 3 is 2.54 bits per heavy atom. The predicted molar refractivity (Wildman–Crippen MR) is 60.6 cm³/mol. The Kier molecular flexibility index (Phi) is 2.51. The van der Waals surface area contributed by atoms with Gasteiger partial charge in [-0.1, -0.05) is 13.8 Å². The summed E-state index contributed by atoms with van der Waals surface area (Å²) in [6.45, 7) is 4.46. The third-order valence-electron chi connectivity index (χ3n) is 1.91. The maximum Gasteiger partial charge on any atom is 0.0449 e. The van der Waals surface area contributed by atoms with Crippen LogP contribution in [-0.4, -0.2) is 0 Å². The maximum atomic E-state index is 3.12. The van der Waals surface area contributed by atoms with Crippen molar-refractivity contribution in [3.8, 4) is 9.75 Å². The average molecular weight is 207 g/mol. The summed E-state index contributed by atoms with van der Waals surface area (Å²) in [6, 6.07) is 8.54. The van der Waals surface area contributed by atoms with Gasteiger partial charge in [-0.2, -0.15) is 0 Å². The van der Waals surface area contributed by atoms with Crippen LogP contribution in [0.4, 0.5) is 0 Å². The van der Waals surface area contributed by atoms with Crippen molar-refractivity contribution in [1.82, 2.24) is 0 Å². The zero-order valence-electron chi connectivity index (χ0n) is 7.70. The van der Waals surface area contributed by atoms with E-state index in [0.29, 0.717) is 5.92 Å². The summed E-state index contributed by atoms with van der Waals surface area (Å²) in [5.41, 5.74) is 0. The second-order valence-corrected chi connectivity index (χ2v) is 5.27. The smallest absolute Gasteiger partial charge is 0.0449 e. The Hall–Kier alpha value is -0.600. The number of rotatable bonds is 2. The third kappa shape index (κ3) is 1.84. The summed E-state index contributed by atoms with van der Waals surface area (Å²) in [6.07, 6.45) is 0. The van der Waals surface area contributed by atoms with E-state index in [1.54, 1.807) is 11.3 Å². The van der Waals surface area contributed by atoms with Gasteiger partial charge in [-0.25, -0.2) is 0 Å². The summed E-state index contributed by atoms with van der Waals surface area (Å²) in [5, 5.41) is 3.12. The molecule has 0 unspecified atom stereocenters. The van der Waals surface area contributed by atoms with Gasteiger partial charge in [0.2, 0.25) is 0 Å². The maximum absolute atomic E-state index is 3.12. The predicted octanol–water partition coefficient (Wildman–Crippen LogP) is 4.40. The summed E-state index contributed by atoms with van der Waals surface area (Å²) >= 11 is 3.58. The monoisotopic (exact) mass is 207 g/mol. The Labute approximate surface area is 86.9 Å². The molecule has 0 aliphatic carbocycles. The van der Waals surface area contributed by atoms with E-state index in [4.69, 9.17) is 0 Å². The molecule has 0 saturated carbocycles. The lowest BCUT2D eigenvalue weighted by molar-refractivity contribution is 0.890. The molecule has 2 heteroatoms. The largest absolute Gasteiger partial charge is 0.139 e. The zero-order valence-corrected chi connectivity index (χ0v) is 9.34. The standard InChI is InChI=1S/C11H11S2/c1-8(2)9-5-6-11(13-9)10-4-3-7-12-10/h3-6,8H,1-2H3. The zero-order chi connectivity index (χ0) is 9.26. The second kappa shape index (κ2) is 3.64. The van der Waals surface area contributed by atoms with Crippen LogP contribution >= 0.6 is 22.7 Å². The van der Waals surface area contributed by atoms with Gasteiger partial charge >= 0.3 is 0 Å². The molecule has 0 fully saturated rings. The lowest BCUT2D eigenvalue weighted by Crippen LogP contribution is -1.77. The van der Waals surface area contributed by atoms with Gasteiger partial charge in [0.05, 0.1) is 0 Å². The van der Waals surface area contributed by atoms with Gasteiger partial charge in [0.15, 0.2) is 0 Å². The Morgan fingerprint density at radius 1 is 1.15 bits per heavy atom. The van der Waals surface area contributed by atoms with Gasteiger partial charge in [0.1, 0.15) is 0 Å². The average Bonchev–Trinajstić information content (AvgIpc) is 2.75. The molecule has 0 N–H and O–H groups in total. The number of hydrogen-bond acceptors (Lipinski definition) is 2. The highest BCUT2D eigenvalue weighted by Gasteiger charge is 2.05. The summed E-state index contributed by atoms with van der Waals surface area (Å²) < 4.78 is 0. The van der Waals surface area contributed by atoms with Crippen molar-refractivity contribution in [3.63, 3.8) is 0 Å². The van der Waals surface area contributed by atoms with E-state index >= 15 is 0 Å². The Morgan fingerprint density at radius 2 is 2.00 bits per heavy atom. The van der Waals surface area contributed by atoms with Crippen LogP contribution in [0.15, 0.2) is 24.3 Å². The first-order valence-electron chi connectivity index (χ1n) is 4.33. The van der Waals surface area contributed by atoms with Crippen LogP contribution in [0.3, 0.4) is 0 Å². The molecule has 0 spiro atoms. The molecule has 2 heterocycles. The van der Waals surface area contributed by atoms with Gasteiger partial charge < -0.3 is 0 Å². The molecule has 13 heavy (non-hydrogen) atoms. The molecule has 2 aromatic heterocycles. The quantitative estimate of drug-likeness (QED) is 0.684. The highest BCUT2D eigenvalue weighted by Crippen LogP contribution is 2.33. The molecular formula is C11H11S2. The SMILES string of the molecule is CC(C)c1ccc(-c2cc[c]s2)s1. The van der Waals surface area contributed by atoms with Gasteiger partial charge in [-0.05, 0) is 30.2 Å². The molecule has 0 atom stereocenters. The first-order chi connectivity index (χ1) is 6.27. The van der Waals surface area contributed by atoms with Crippen molar-refractivity contribution in [2.45, 2.75) is 19.8 Å². The van der Waals surface area contributed by atoms with Crippen LogP contribution in [0.25, 0.3) is 9.75 Å².